The molecule has 1 aliphatic heterocycles. The largest absolute Gasteiger partial charge is 0.469 e. The maximum Gasteiger partial charge on any atom is 0.231 e. The van der Waals surface area contributed by atoms with E-state index in [1.807, 2.05) is 30.3 Å². The molecule has 2 aromatic rings. The zero-order valence-electron chi connectivity index (χ0n) is 11.4. The molecule has 2 N–H and O–H groups in total. The lowest BCUT2D eigenvalue weighted by molar-refractivity contribution is 0.174. The van der Waals surface area contributed by atoms with Gasteiger partial charge in [0.05, 0.1) is 6.26 Å². The van der Waals surface area contributed by atoms with Gasteiger partial charge in [-0.2, -0.15) is 0 Å². The Morgan fingerprint density at radius 2 is 2.05 bits per heavy atom. The lowest BCUT2D eigenvalue weighted by Gasteiger charge is -2.10. The molecule has 5 nitrogen and oxygen atoms in total. The van der Waals surface area contributed by atoms with Crippen molar-refractivity contribution in [2.75, 3.05) is 13.3 Å². The van der Waals surface area contributed by atoms with Crippen molar-refractivity contribution >= 4 is 17.3 Å². The van der Waals surface area contributed by atoms with Crippen LogP contribution in [0.5, 0.6) is 11.5 Å². The molecule has 0 spiro atoms. The topological polar surface area (TPSA) is 55.7 Å². The van der Waals surface area contributed by atoms with Gasteiger partial charge in [0, 0.05) is 19.5 Å². The average molecular weight is 304 g/mol. The Kier molecular flexibility index (Phi) is 4.25. The van der Waals surface area contributed by atoms with Gasteiger partial charge in [-0.3, -0.25) is 0 Å². The highest BCUT2D eigenvalue weighted by Crippen LogP contribution is 2.32. The summed E-state index contributed by atoms with van der Waals surface area (Å²) in [7, 11) is 0. The molecule has 1 aromatic heterocycles. The van der Waals surface area contributed by atoms with Gasteiger partial charge in [0.1, 0.15) is 5.76 Å². The van der Waals surface area contributed by atoms with Crippen molar-refractivity contribution in [3.05, 3.63) is 47.9 Å². The van der Waals surface area contributed by atoms with Crippen molar-refractivity contribution < 1.29 is 13.9 Å². The van der Waals surface area contributed by atoms with Crippen LogP contribution in [0.1, 0.15) is 11.3 Å². The van der Waals surface area contributed by atoms with Crippen LogP contribution in [0.2, 0.25) is 0 Å². The molecule has 2 heterocycles. The van der Waals surface area contributed by atoms with Crippen LogP contribution in [0, 0.1) is 0 Å². The number of ether oxygens (including phenoxy) is 2. The highest BCUT2D eigenvalue weighted by atomic mass is 32.1. The van der Waals surface area contributed by atoms with E-state index in [9.17, 15) is 0 Å². The van der Waals surface area contributed by atoms with Gasteiger partial charge in [-0.1, -0.05) is 6.07 Å². The summed E-state index contributed by atoms with van der Waals surface area (Å²) in [6, 6.07) is 9.69. The van der Waals surface area contributed by atoms with Gasteiger partial charge in [-0.05, 0) is 42.0 Å². The lowest BCUT2D eigenvalue weighted by atomic mass is 10.2. The van der Waals surface area contributed by atoms with E-state index in [0.29, 0.717) is 18.5 Å². The van der Waals surface area contributed by atoms with Gasteiger partial charge in [0.15, 0.2) is 16.6 Å². The number of benzene rings is 1. The summed E-state index contributed by atoms with van der Waals surface area (Å²) in [4.78, 5) is 0. The predicted octanol–water partition coefficient (Wildman–Crippen LogP) is 2.22. The minimum atomic E-state index is 0.291. The van der Waals surface area contributed by atoms with Crippen molar-refractivity contribution in [1.82, 2.24) is 10.6 Å². The summed E-state index contributed by atoms with van der Waals surface area (Å²) >= 11 is 5.24. The summed E-state index contributed by atoms with van der Waals surface area (Å²) in [6.45, 7) is 1.67. The third-order valence-corrected chi connectivity index (χ3v) is 3.42. The van der Waals surface area contributed by atoms with Gasteiger partial charge in [0.2, 0.25) is 6.79 Å². The van der Waals surface area contributed by atoms with Crippen molar-refractivity contribution in [2.45, 2.75) is 13.0 Å². The monoisotopic (exact) mass is 304 g/mol. The van der Waals surface area contributed by atoms with Crippen LogP contribution in [-0.2, 0) is 13.0 Å². The molecule has 0 atom stereocenters. The fourth-order valence-electron chi connectivity index (χ4n) is 2.05. The van der Waals surface area contributed by atoms with Gasteiger partial charge in [0.25, 0.3) is 0 Å². The third-order valence-electron chi connectivity index (χ3n) is 3.13. The normalized spacial score (nSPS) is 12.2. The van der Waals surface area contributed by atoms with Gasteiger partial charge >= 0.3 is 0 Å². The lowest BCUT2D eigenvalue weighted by Crippen LogP contribution is -2.35. The Bertz CT molecular complexity index is 613. The molecule has 6 heteroatoms. The minimum Gasteiger partial charge on any atom is -0.469 e. The van der Waals surface area contributed by atoms with E-state index in [-0.39, 0.29) is 0 Å². The van der Waals surface area contributed by atoms with Crippen molar-refractivity contribution in [3.63, 3.8) is 0 Å². The Hall–Kier alpha value is -2.21. The van der Waals surface area contributed by atoms with Crippen molar-refractivity contribution in [1.29, 1.82) is 0 Å². The van der Waals surface area contributed by atoms with Crippen LogP contribution in [-0.4, -0.2) is 18.5 Å². The maximum atomic E-state index is 5.34. The maximum absolute atomic E-state index is 5.34. The van der Waals surface area contributed by atoms with Gasteiger partial charge < -0.3 is 24.5 Å². The third kappa shape index (κ3) is 3.66. The molecule has 0 aliphatic carbocycles. The molecule has 0 fully saturated rings. The molecule has 0 bridgehead atoms. The van der Waals surface area contributed by atoms with E-state index in [1.54, 1.807) is 6.26 Å². The average Bonchev–Trinajstić information content (AvgIpc) is 3.15. The Balaban J connectivity index is 1.41. The van der Waals surface area contributed by atoms with E-state index in [2.05, 4.69) is 10.6 Å². The predicted molar refractivity (Wildman–Crippen MR) is 82.4 cm³/mol. The first kappa shape index (κ1) is 13.8. The number of rotatable bonds is 5. The molecule has 0 saturated carbocycles. The summed E-state index contributed by atoms with van der Waals surface area (Å²) in [6.07, 6.45) is 2.48. The van der Waals surface area contributed by atoms with E-state index < -0.39 is 0 Å². The molecule has 0 saturated heterocycles. The van der Waals surface area contributed by atoms with Crippen LogP contribution in [0.25, 0.3) is 0 Å². The van der Waals surface area contributed by atoms with Crippen LogP contribution in [0.3, 0.4) is 0 Å². The second-order valence-electron chi connectivity index (χ2n) is 4.63. The highest BCUT2D eigenvalue weighted by Gasteiger charge is 2.12. The summed E-state index contributed by atoms with van der Waals surface area (Å²) in [5.41, 5.74) is 1.09. The standard InChI is InChI=1S/C15H16N2O3S/c21-15(16-6-5-12-2-1-7-18-12)17-9-11-3-4-13-14(8-11)20-10-19-13/h1-4,7-8H,5-6,9-10H2,(H2,16,17,21). The number of nitrogens with one attached hydrogen (secondary N) is 2. The minimum absolute atomic E-state index is 0.291. The molecular formula is C15H16N2O3S. The molecule has 110 valence electrons. The van der Waals surface area contributed by atoms with Crippen LogP contribution < -0.4 is 20.1 Å². The second kappa shape index (κ2) is 6.49. The molecule has 1 aromatic carbocycles. The van der Waals surface area contributed by atoms with E-state index in [0.717, 1.165) is 35.8 Å². The fraction of sp³-hybridized carbons (Fsp3) is 0.267. The summed E-state index contributed by atoms with van der Waals surface area (Å²) < 4.78 is 15.9. The quantitative estimate of drug-likeness (QED) is 0.826. The fourth-order valence-corrected chi connectivity index (χ4v) is 2.22. The van der Waals surface area contributed by atoms with Crippen molar-refractivity contribution in [2.24, 2.45) is 0 Å². The number of hydrogen-bond donors (Lipinski definition) is 2. The molecule has 21 heavy (non-hydrogen) atoms. The number of furan rings is 1. The van der Waals surface area contributed by atoms with Crippen LogP contribution in [0.4, 0.5) is 0 Å². The molecule has 3 rings (SSSR count). The van der Waals surface area contributed by atoms with Crippen LogP contribution >= 0.6 is 12.2 Å². The zero-order chi connectivity index (χ0) is 14.5. The molecule has 0 radical (unpaired) electrons. The first-order chi connectivity index (χ1) is 10.3. The highest BCUT2D eigenvalue weighted by molar-refractivity contribution is 7.80. The summed E-state index contributed by atoms with van der Waals surface area (Å²) in [5, 5.41) is 6.94. The smallest absolute Gasteiger partial charge is 0.231 e. The van der Waals surface area contributed by atoms with Crippen molar-refractivity contribution in [3.8, 4) is 11.5 Å². The Morgan fingerprint density at radius 3 is 2.90 bits per heavy atom. The SMILES string of the molecule is S=C(NCCc1ccco1)NCc1ccc2c(c1)OCO2. The second-order valence-corrected chi connectivity index (χ2v) is 5.03. The zero-order valence-corrected chi connectivity index (χ0v) is 12.2. The number of thiocarbonyl (C=S) groups is 1. The van der Waals surface area contributed by atoms with Gasteiger partial charge in [-0.25, -0.2) is 0 Å². The summed E-state index contributed by atoms with van der Waals surface area (Å²) in [5.74, 6) is 2.52. The van der Waals surface area contributed by atoms with E-state index in [4.69, 9.17) is 26.1 Å². The van der Waals surface area contributed by atoms with E-state index >= 15 is 0 Å². The Labute approximate surface area is 128 Å². The number of fused-ring (bicyclic) bond motifs is 1. The van der Waals surface area contributed by atoms with E-state index in [1.165, 1.54) is 0 Å². The first-order valence-corrected chi connectivity index (χ1v) is 7.15. The van der Waals surface area contributed by atoms with Gasteiger partial charge in [-0.15, -0.1) is 0 Å². The molecule has 1 aliphatic rings. The Morgan fingerprint density at radius 1 is 1.14 bits per heavy atom. The molecule has 0 amide bonds. The van der Waals surface area contributed by atoms with Crippen LogP contribution in [0.15, 0.2) is 41.0 Å². The molecule has 0 unspecified atom stereocenters. The number of hydrogen-bond acceptors (Lipinski definition) is 4. The first-order valence-electron chi connectivity index (χ1n) is 6.74. The molecular weight excluding hydrogens is 288 g/mol.